The molecule has 0 unspecified atom stereocenters. The summed E-state index contributed by atoms with van der Waals surface area (Å²) in [6, 6.07) is 6.11. The third-order valence-electron chi connectivity index (χ3n) is 2.95. The lowest BCUT2D eigenvalue weighted by Crippen LogP contribution is -2.03. The smallest absolute Gasteiger partial charge is 0.166 e. The number of ketones is 1. The van der Waals surface area contributed by atoms with Crippen molar-refractivity contribution in [3.63, 3.8) is 0 Å². The van der Waals surface area contributed by atoms with Crippen molar-refractivity contribution in [1.29, 1.82) is 0 Å². The quantitative estimate of drug-likeness (QED) is 0.652. The van der Waals surface area contributed by atoms with E-state index in [4.69, 9.17) is 0 Å². The van der Waals surface area contributed by atoms with Gasteiger partial charge in [-0.25, -0.2) is 0 Å². The largest absolute Gasteiger partial charge is 0.294 e. The van der Waals surface area contributed by atoms with Crippen molar-refractivity contribution >= 4 is 5.78 Å². The predicted octanol–water partition coefficient (Wildman–Crippen LogP) is 3.14. The molecule has 0 amide bonds. The maximum Gasteiger partial charge on any atom is 0.166 e. The van der Waals surface area contributed by atoms with E-state index < -0.39 is 0 Å². The van der Waals surface area contributed by atoms with E-state index in [1.54, 1.807) is 0 Å². The third kappa shape index (κ3) is 1.72. The molecule has 1 aromatic carbocycles. The Labute approximate surface area is 85.1 Å². The molecule has 0 saturated heterocycles. The van der Waals surface area contributed by atoms with Gasteiger partial charge in [0.1, 0.15) is 0 Å². The fraction of sp³-hybridized carbons (Fsp3) is 0.462. The highest BCUT2D eigenvalue weighted by molar-refractivity contribution is 5.99. The van der Waals surface area contributed by atoms with Crippen molar-refractivity contribution in [1.82, 2.24) is 0 Å². The first-order valence-electron chi connectivity index (χ1n) is 5.20. The van der Waals surface area contributed by atoms with E-state index in [1.807, 2.05) is 26.0 Å². The van der Waals surface area contributed by atoms with Crippen molar-refractivity contribution < 1.29 is 4.79 Å². The highest BCUT2D eigenvalue weighted by Crippen LogP contribution is 2.40. The van der Waals surface area contributed by atoms with Gasteiger partial charge in [-0.05, 0) is 38.3 Å². The molecule has 0 aliphatic heterocycles. The summed E-state index contributed by atoms with van der Waals surface area (Å²) in [4.78, 5) is 11.9. The first-order valence-corrected chi connectivity index (χ1v) is 5.20. The monoisotopic (exact) mass is 188 g/mol. The van der Waals surface area contributed by atoms with Gasteiger partial charge in [0.15, 0.2) is 5.78 Å². The average Bonchev–Trinajstić information content (AvgIpc) is 2.79. The van der Waals surface area contributed by atoms with E-state index >= 15 is 0 Å². The molecule has 1 saturated carbocycles. The summed E-state index contributed by atoms with van der Waals surface area (Å²) >= 11 is 0. The van der Waals surface area contributed by atoms with Crippen LogP contribution < -0.4 is 0 Å². The highest BCUT2D eigenvalue weighted by Gasteiger charge is 2.39. The van der Waals surface area contributed by atoms with Crippen LogP contribution in [0.25, 0.3) is 0 Å². The second-order valence-electron chi connectivity index (χ2n) is 4.56. The first-order chi connectivity index (χ1) is 6.58. The Morgan fingerprint density at radius 1 is 1.21 bits per heavy atom. The number of benzene rings is 1. The molecule has 1 fully saturated rings. The molecule has 0 N–H and O–H groups in total. The number of carbonyl (C=O) groups excluding carboxylic acids is 1. The van der Waals surface area contributed by atoms with Crippen LogP contribution in [-0.4, -0.2) is 5.78 Å². The normalized spacial score (nSPS) is 24.8. The van der Waals surface area contributed by atoms with Crippen LogP contribution >= 0.6 is 0 Å². The number of rotatable bonds is 2. The van der Waals surface area contributed by atoms with Crippen molar-refractivity contribution in [2.24, 2.45) is 11.8 Å². The van der Waals surface area contributed by atoms with Crippen molar-refractivity contribution in [2.75, 3.05) is 0 Å². The molecular formula is C13H16O. The van der Waals surface area contributed by atoms with Crippen molar-refractivity contribution in [3.05, 3.63) is 34.9 Å². The number of hydrogen-bond acceptors (Lipinski definition) is 1. The van der Waals surface area contributed by atoms with E-state index in [2.05, 4.69) is 13.0 Å². The van der Waals surface area contributed by atoms with Gasteiger partial charge < -0.3 is 0 Å². The Bertz CT molecular complexity index is 359. The van der Waals surface area contributed by atoms with Crippen LogP contribution in [-0.2, 0) is 0 Å². The lowest BCUT2D eigenvalue weighted by molar-refractivity contribution is 0.0962. The molecule has 1 aliphatic rings. The van der Waals surface area contributed by atoms with Crippen LogP contribution in [0, 0.1) is 25.7 Å². The zero-order valence-electron chi connectivity index (χ0n) is 9.00. The van der Waals surface area contributed by atoms with Gasteiger partial charge in [0.05, 0.1) is 0 Å². The second-order valence-corrected chi connectivity index (χ2v) is 4.56. The van der Waals surface area contributed by atoms with Crippen LogP contribution in [0.15, 0.2) is 18.2 Å². The summed E-state index contributed by atoms with van der Waals surface area (Å²) in [7, 11) is 0. The molecule has 74 valence electrons. The molecule has 0 radical (unpaired) electrons. The molecular weight excluding hydrogens is 172 g/mol. The van der Waals surface area contributed by atoms with E-state index in [0.29, 0.717) is 17.6 Å². The Morgan fingerprint density at radius 3 is 2.14 bits per heavy atom. The summed E-state index contributed by atoms with van der Waals surface area (Å²) in [5.74, 6) is 1.24. The van der Waals surface area contributed by atoms with Crippen LogP contribution in [0.4, 0.5) is 0 Å². The van der Waals surface area contributed by atoms with E-state index in [-0.39, 0.29) is 0 Å². The van der Waals surface area contributed by atoms with Gasteiger partial charge >= 0.3 is 0 Å². The molecule has 0 spiro atoms. The molecule has 0 aromatic heterocycles. The van der Waals surface area contributed by atoms with Crippen LogP contribution in [0.5, 0.6) is 0 Å². The predicted molar refractivity (Wildman–Crippen MR) is 57.5 cm³/mol. The third-order valence-corrected chi connectivity index (χ3v) is 2.95. The molecule has 0 bridgehead atoms. The minimum Gasteiger partial charge on any atom is -0.294 e. The standard InChI is InChI=1S/C13H16O/c1-8-4-9(2)6-11(5-8)13(14)12-7-10(12)3/h4-6,10,12H,7H2,1-3H3/t10-,12-/m1/s1. The zero-order valence-corrected chi connectivity index (χ0v) is 9.00. The van der Waals surface area contributed by atoms with Gasteiger partial charge in [0, 0.05) is 11.5 Å². The van der Waals surface area contributed by atoms with Crippen LogP contribution in [0.2, 0.25) is 0 Å². The Hall–Kier alpha value is -1.11. The number of aryl methyl sites for hydroxylation is 2. The summed E-state index contributed by atoms with van der Waals surface area (Å²) in [5, 5.41) is 0. The van der Waals surface area contributed by atoms with Crippen molar-refractivity contribution in [3.8, 4) is 0 Å². The maximum absolute atomic E-state index is 11.9. The Balaban J connectivity index is 2.27. The minimum absolute atomic E-state index is 0.302. The molecule has 1 aliphatic carbocycles. The van der Waals surface area contributed by atoms with E-state index in [0.717, 1.165) is 12.0 Å². The maximum atomic E-state index is 11.9. The second kappa shape index (κ2) is 3.23. The highest BCUT2D eigenvalue weighted by atomic mass is 16.1. The molecule has 2 rings (SSSR count). The number of hydrogen-bond donors (Lipinski definition) is 0. The summed E-state index contributed by atoms with van der Waals surface area (Å²) in [5.41, 5.74) is 3.26. The molecule has 2 atom stereocenters. The topological polar surface area (TPSA) is 17.1 Å². The first kappa shape index (κ1) is 9.45. The summed E-state index contributed by atoms with van der Waals surface area (Å²) in [6.45, 7) is 6.23. The molecule has 1 nitrogen and oxygen atoms in total. The summed E-state index contributed by atoms with van der Waals surface area (Å²) in [6.07, 6.45) is 1.08. The summed E-state index contributed by atoms with van der Waals surface area (Å²) < 4.78 is 0. The van der Waals surface area contributed by atoms with E-state index in [1.165, 1.54) is 11.1 Å². The van der Waals surface area contributed by atoms with Crippen molar-refractivity contribution in [2.45, 2.75) is 27.2 Å². The zero-order chi connectivity index (χ0) is 10.3. The number of carbonyl (C=O) groups is 1. The van der Waals surface area contributed by atoms with Crippen LogP contribution in [0.1, 0.15) is 34.8 Å². The SMILES string of the molecule is Cc1cc(C)cc(C(=O)[C@@H]2C[C@H]2C)c1. The molecule has 1 heteroatoms. The number of Topliss-reactive ketones (excluding diaryl/α,β-unsaturated/α-hetero) is 1. The van der Waals surface area contributed by atoms with Crippen LogP contribution in [0.3, 0.4) is 0 Å². The molecule has 14 heavy (non-hydrogen) atoms. The Morgan fingerprint density at radius 2 is 1.71 bits per heavy atom. The van der Waals surface area contributed by atoms with Gasteiger partial charge in [-0.15, -0.1) is 0 Å². The molecule has 1 aromatic rings. The fourth-order valence-corrected chi connectivity index (χ4v) is 2.02. The lowest BCUT2D eigenvalue weighted by atomic mass is 10.0. The fourth-order valence-electron chi connectivity index (χ4n) is 2.02. The average molecular weight is 188 g/mol. The van der Waals surface area contributed by atoms with Gasteiger partial charge in [-0.2, -0.15) is 0 Å². The minimum atomic E-state index is 0.302. The van der Waals surface area contributed by atoms with E-state index in [9.17, 15) is 4.79 Å². The Kier molecular flexibility index (Phi) is 2.18. The van der Waals surface area contributed by atoms with Gasteiger partial charge in [0.2, 0.25) is 0 Å². The lowest BCUT2D eigenvalue weighted by Gasteiger charge is -2.03. The van der Waals surface area contributed by atoms with Gasteiger partial charge in [0.25, 0.3) is 0 Å². The van der Waals surface area contributed by atoms with Gasteiger partial charge in [-0.3, -0.25) is 4.79 Å². The molecule has 0 heterocycles. The van der Waals surface area contributed by atoms with Gasteiger partial charge in [-0.1, -0.05) is 24.1 Å².